The number of carbonyl (C=O) groups excluding carboxylic acids is 1. The van der Waals surface area contributed by atoms with Gasteiger partial charge in [-0.3, -0.25) is 9.59 Å². The minimum atomic E-state index is -1.16. The van der Waals surface area contributed by atoms with Gasteiger partial charge in [-0.1, -0.05) is 0 Å². The molecule has 0 bridgehead atoms. The second-order valence-corrected chi connectivity index (χ2v) is 1.38. The molecule has 0 heterocycles. The maximum absolute atomic E-state index is 10.3. The minimum absolute atomic E-state index is 0. The highest BCUT2D eigenvalue weighted by Gasteiger charge is 2.06. The lowest BCUT2D eigenvalue weighted by Crippen LogP contribution is -3.00. The molecule has 0 amide bonds. The number of esters is 1. The SMILES string of the molecule is CCOC(=O)CC(=O)O.[Cl-]. The first-order chi connectivity index (χ1) is 4.16. The van der Waals surface area contributed by atoms with Crippen molar-refractivity contribution in [2.24, 2.45) is 0 Å². The van der Waals surface area contributed by atoms with Crippen LogP contribution < -0.4 is 12.4 Å². The van der Waals surface area contributed by atoms with Gasteiger partial charge in [-0.05, 0) is 6.92 Å². The van der Waals surface area contributed by atoms with Crippen molar-refractivity contribution < 1.29 is 31.8 Å². The predicted molar refractivity (Wildman–Crippen MR) is 28.9 cm³/mol. The molecule has 5 heteroatoms. The summed E-state index contributed by atoms with van der Waals surface area (Å²) in [4.78, 5) is 20.0. The van der Waals surface area contributed by atoms with Gasteiger partial charge in [0.25, 0.3) is 0 Å². The summed E-state index contributed by atoms with van der Waals surface area (Å²) in [6.45, 7) is 1.85. The zero-order chi connectivity index (χ0) is 7.28. The lowest BCUT2D eigenvalue weighted by atomic mass is 10.4. The van der Waals surface area contributed by atoms with Crippen LogP contribution in [0.15, 0.2) is 0 Å². The van der Waals surface area contributed by atoms with Gasteiger partial charge in [-0.2, -0.15) is 0 Å². The van der Waals surface area contributed by atoms with Crippen molar-refractivity contribution in [1.82, 2.24) is 0 Å². The number of carboxylic acids is 1. The van der Waals surface area contributed by atoms with Gasteiger partial charge in [0.05, 0.1) is 6.61 Å². The average Bonchev–Trinajstić information content (AvgIpc) is 1.63. The molecule has 0 aliphatic heterocycles. The third-order valence-corrected chi connectivity index (χ3v) is 0.601. The molecule has 0 radical (unpaired) electrons. The number of ether oxygens (including phenoxy) is 1. The number of rotatable bonds is 3. The highest BCUT2D eigenvalue weighted by molar-refractivity contribution is 5.90. The van der Waals surface area contributed by atoms with Crippen molar-refractivity contribution in [2.45, 2.75) is 13.3 Å². The van der Waals surface area contributed by atoms with Crippen LogP contribution in [0.3, 0.4) is 0 Å². The van der Waals surface area contributed by atoms with Crippen LogP contribution in [-0.2, 0) is 14.3 Å². The fourth-order valence-electron chi connectivity index (χ4n) is 0.335. The largest absolute Gasteiger partial charge is 1.00 e. The first-order valence-corrected chi connectivity index (χ1v) is 2.54. The van der Waals surface area contributed by atoms with Gasteiger partial charge in [-0.15, -0.1) is 0 Å². The van der Waals surface area contributed by atoms with Crippen molar-refractivity contribution in [2.75, 3.05) is 6.61 Å². The molecule has 10 heavy (non-hydrogen) atoms. The number of hydrogen-bond donors (Lipinski definition) is 1. The van der Waals surface area contributed by atoms with Crippen molar-refractivity contribution in [1.29, 1.82) is 0 Å². The Morgan fingerprint density at radius 2 is 2.00 bits per heavy atom. The monoisotopic (exact) mass is 167 g/mol. The lowest BCUT2D eigenvalue weighted by Gasteiger charge is -1.95. The van der Waals surface area contributed by atoms with E-state index in [0.29, 0.717) is 0 Å². The maximum Gasteiger partial charge on any atom is 0.317 e. The molecule has 0 atom stereocenters. The van der Waals surface area contributed by atoms with E-state index in [1.54, 1.807) is 6.92 Å². The van der Waals surface area contributed by atoms with E-state index in [9.17, 15) is 9.59 Å². The van der Waals surface area contributed by atoms with E-state index in [1.165, 1.54) is 0 Å². The number of hydrogen-bond acceptors (Lipinski definition) is 3. The molecule has 0 aromatic heterocycles. The fourth-order valence-corrected chi connectivity index (χ4v) is 0.335. The van der Waals surface area contributed by atoms with Crippen molar-refractivity contribution in [3.8, 4) is 0 Å². The van der Waals surface area contributed by atoms with Crippen molar-refractivity contribution >= 4 is 11.9 Å². The molecule has 4 nitrogen and oxygen atoms in total. The summed E-state index contributed by atoms with van der Waals surface area (Å²) in [6.07, 6.45) is -0.548. The maximum atomic E-state index is 10.3. The summed E-state index contributed by atoms with van der Waals surface area (Å²) in [5, 5.41) is 8.01. The van der Waals surface area contributed by atoms with Crippen LogP contribution in [-0.4, -0.2) is 23.7 Å². The van der Waals surface area contributed by atoms with Crippen molar-refractivity contribution in [3.05, 3.63) is 0 Å². The smallest absolute Gasteiger partial charge is 0.317 e. The average molecular weight is 168 g/mol. The van der Waals surface area contributed by atoms with E-state index in [-0.39, 0.29) is 19.0 Å². The van der Waals surface area contributed by atoms with Crippen molar-refractivity contribution in [3.63, 3.8) is 0 Å². The Morgan fingerprint density at radius 3 is 2.30 bits per heavy atom. The molecule has 0 saturated carbocycles. The summed E-state index contributed by atoms with van der Waals surface area (Å²) in [5.41, 5.74) is 0. The molecule has 60 valence electrons. The van der Waals surface area contributed by atoms with E-state index in [4.69, 9.17) is 5.11 Å². The van der Waals surface area contributed by atoms with E-state index in [2.05, 4.69) is 4.74 Å². The van der Waals surface area contributed by atoms with Gasteiger partial charge in [-0.25, -0.2) is 0 Å². The number of aliphatic carboxylic acids is 1. The van der Waals surface area contributed by atoms with E-state index >= 15 is 0 Å². The van der Waals surface area contributed by atoms with Crippen LogP contribution in [0.25, 0.3) is 0 Å². The number of halogens is 1. The van der Waals surface area contributed by atoms with Crippen LogP contribution >= 0.6 is 0 Å². The summed E-state index contributed by atoms with van der Waals surface area (Å²) in [7, 11) is 0. The zero-order valence-corrected chi connectivity index (χ0v) is 6.22. The Kier molecular flexibility index (Phi) is 7.60. The second-order valence-electron chi connectivity index (χ2n) is 1.38. The minimum Gasteiger partial charge on any atom is -1.00 e. The van der Waals surface area contributed by atoms with Gasteiger partial charge in [0, 0.05) is 0 Å². The molecule has 0 aliphatic carbocycles. The summed E-state index contributed by atoms with van der Waals surface area (Å²) >= 11 is 0. The van der Waals surface area contributed by atoms with Gasteiger partial charge in [0.1, 0.15) is 6.42 Å². The van der Waals surface area contributed by atoms with Gasteiger partial charge in [0.15, 0.2) is 0 Å². The molecule has 1 N–H and O–H groups in total. The molecule has 0 aromatic carbocycles. The first kappa shape index (κ1) is 12.0. The quantitative estimate of drug-likeness (QED) is 0.360. The Labute approximate surface area is 64.6 Å². The molecular formula is C5H8ClO4-. The van der Waals surface area contributed by atoms with E-state index < -0.39 is 18.4 Å². The van der Waals surface area contributed by atoms with Crippen LogP contribution in [0.5, 0.6) is 0 Å². The van der Waals surface area contributed by atoms with Gasteiger partial charge >= 0.3 is 11.9 Å². The normalized spacial score (nSPS) is 7.70. The summed E-state index contributed by atoms with van der Waals surface area (Å²) in [5.74, 6) is -1.85. The summed E-state index contributed by atoms with van der Waals surface area (Å²) < 4.78 is 4.33. The molecule has 0 aromatic rings. The summed E-state index contributed by atoms with van der Waals surface area (Å²) in [6, 6.07) is 0. The molecule has 0 rings (SSSR count). The van der Waals surface area contributed by atoms with Gasteiger partial charge < -0.3 is 22.3 Å². The third-order valence-electron chi connectivity index (χ3n) is 0.601. The number of carboxylic acid groups (broad SMARTS) is 1. The van der Waals surface area contributed by atoms with E-state index in [0.717, 1.165) is 0 Å². The molecule has 0 spiro atoms. The highest BCUT2D eigenvalue weighted by atomic mass is 35.5. The first-order valence-electron chi connectivity index (χ1n) is 2.54. The second kappa shape index (κ2) is 6.35. The Bertz CT molecular complexity index is 123. The topological polar surface area (TPSA) is 63.6 Å². The molecular weight excluding hydrogens is 160 g/mol. The molecule has 0 unspecified atom stereocenters. The number of carbonyl (C=O) groups is 2. The molecule has 0 fully saturated rings. The van der Waals surface area contributed by atoms with Crippen LogP contribution in [0.4, 0.5) is 0 Å². The standard InChI is InChI=1S/C5H8O4.ClH/c1-2-9-5(8)3-4(6)7;/h2-3H2,1H3,(H,6,7);1H/p-1. The van der Waals surface area contributed by atoms with Crippen LogP contribution in [0.2, 0.25) is 0 Å². The van der Waals surface area contributed by atoms with Gasteiger partial charge in [0.2, 0.25) is 0 Å². The van der Waals surface area contributed by atoms with Crippen LogP contribution in [0.1, 0.15) is 13.3 Å². The molecule has 0 aliphatic rings. The Hall–Kier alpha value is -0.770. The fraction of sp³-hybridized carbons (Fsp3) is 0.600. The predicted octanol–water partition coefficient (Wildman–Crippen LogP) is -2.97. The Morgan fingerprint density at radius 1 is 1.50 bits per heavy atom. The van der Waals surface area contributed by atoms with E-state index in [1.807, 2.05) is 0 Å². The van der Waals surface area contributed by atoms with Crippen LogP contribution in [0, 0.1) is 0 Å². The molecule has 0 saturated heterocycles. The highest BCUT2D eigenvalue weighted by Crippen LogP contribution is 1.84. The zero-order valence-electron chi connectivity index (χ0n) is 5.46. The Balaban J connectivity index is 0. The third kappa shape index (κ3) is 7.23. The lowest BCUT2D eigenvalue weighted by molar-refractivity contribution is -0.150.